The summed E-state index contributed by atoms with van der Waals surface area (Å²) in [5, 5.41) is 12.3. The molecule has 0 bridgehead atoms. The summed E-state index contributed by atoms with van der Waals surface area (Å²) in [6, 6.07) is -0.560. The number of aromatic amines is 1. The maximum Gasteiger partial charge on any atom is 0.423 e. The highest BCUT2D eigenvalue weighted by Crippen LogP contribution is 2.31. The predicted molar refractivity (Wildman–Crippen MR) is 114 cm³/mol. The summed E-state index contributed by atoms with van der Waals surface area (Å²) < 4.78 is 50.1. The second-order valence-corrected chi connectivity index (χ2v) is 8.16. The Morgan fingerprint density at radius 2 is 2.12 bits per heavy atom. The van der Waals surface area contributed by atoms with Crippen molar-refractivity contribution in [3.63, 3.8) is 0 Å². The zero-order chi connectivity index (χ0) is 24.3. The van der Waals surface area contributed by atoms with Crippen LogP contribution in [0.3, 0.4) is 0 Å². The Morgan fingerprint density at radius 3 is 2.85 bits per heavy atom. The molecule has 34 heavy (non-hydrogen) atoms. The Bertz CT molecular complexity index is 1170. The molecule has 1 fully saturated rings. The zero-order valence-corrected chi connectivity index (χ0v) is 18.6. The summed E-state index contributed by atoms with van der Waals surface area (Å²) in [5.41, 5.74) is -3.09. The lowest BCUT2D eigenvalue weighted by Gasteiger charge is -2.17. The van der Waals surface area contributed by atoms with E-state index in [1.54, 1.807) is 12.0 Å². The van der Waals surface area contributed by atoms with Crippen LogP contribution in [0.5, 0.6) is 0 Å². The first-order valence-electron chi connectivity index (χ1n) is 10.2. The standard InChI is InChI=1S/C19H20ClF3N8O3/c1-10(27-13-6-26-29-17(32)15(13)19(21,22)23)8-33-9-14-28-16(30-34-14)11-2-3-31(7-11)18-24-4-12(20)5-25-18/h4-6,10-11H,2-3,7-9H2,1H3,(H2,27,29,32). The summed E-state index contributed by atoms with van der Waals surface area (Å²) in [7, 11) is 0. The molecule has 2 unspecified atom stereocenters. The highest BCUT2D eigenvalue weighted by molar-refractivity contribution is 6.30. The molecule has 11 nitrogen and oxygen atoms in total. The van der Waals surface area contributed by atoms with Gasteiger partial charge in [0.2, 0.25) is 5.95 Å². The third kappa shape index (κ3) is 5.62. The largest absolute Gasteiger partial charge is 0.423 e. The van der Waals surface area contributed by atoms with Crippen LogP contribution in [0, 0.1) is 0 Å². The summed E-state index contributed by atoms with van der Waals surface area (Å²) in [5.74, 6) is 1.38. The highest BCUT2D eigenvalue weighted by Gasteiger charge is 2.37. The first-order valence-corrected chi connectivity index (χ1v) is 10.6. The number of hydrogen-bond acceptors (Lipinski definition) is 10. The van der Waals surface area contributed by atoms with Gasteiger partial charge in [-0.15, -0.1) is 0 Å². The van der Waals surface area contributed by atoms with Crippen molar-refractivity contribution in [3.8, 4) is 0 Å². The van der Waals surface area contributed by atoms with E-state index in [1.807, 2.05) is 4.90 Å². The molecule has 15 heteroatoms. The van der Waals surface area contributed by atoms with Crippen molar-refractivity contribution in [2.45, 2.75) is 38.1 Å². The number of aromatic nitrogens is 6. The Morgan fingerprint density at radius 1 is 1.35 bits per heavy atom. The van der Waals surface area contributed by atoms with Crippen LogP contribution in [0.15, 0.2) is 27.9 Å². The Balaban J connectivity index is 1.28. The van der Waals surface area contributed by atoms with Crippen molar-refractivity contribution < 1.29 is 22.4 Å². The number of ether oxygens (including phenoxy) is 1. The van der Waals surface area contributed by atoms with E-state index in [-0.39, 0.29) is 25.0 Å². The Labute approximate surface area is 195 Å². The van der Waals surface area contributed by atoms with Gasteiger partial charge in [0.25, 0.3) is 11.4 Å². The molecule has 1 saturated heterocycles. The van der Waals surface area contributed by atoms with Gasteiger partial charge in [-0.25, -0.2) is 15.1 Å². The zero-order valence-electron chi connectivity index (χ0n) is 17.8. The molecule has 0 aliphatic carbocycles. The van der Waals surface area contributed by atoms with Crippen LogP contribution >= 0.6 is 11.6 Å². The number of alkyl halides is 3. The van der Waals surface area contributed by atoms with Crippen LogP contribution in [0.4, 0.5) is 24.8 Å². The molecule has 0 amide bonds. The van der Waals surface area contributed by atoms with Crippen molar-refractivity contribution in [1.82, 2.24) is 30.3 Å². The van der Waals surface area contributed by atoms with E-state index in [2.05, 4.69) is 30.5 Å². The third-order valence-corrected chi connectivity index (χ3v) is 5.26. The normalized spacial score (nSPS) is 17.2. The van der Waals surface area contributed by atoms with Gasteiger partial charge in [0.05, 0.1) is 35.9 Å². The predicted octanol–water partition coefficient (Wildman–Crippen LogP) is 2.63. The highest BCUT2D eigenvalue weighted by atomic mass is 35.5. The fourth-order valence-electron chi connectivity index (χ4n) is 3.53. The second kappa shape index (κ2) is 9.93. The van der Waals surface area contributed by atoms with Gasteiger partial charge in [0.1, 0.15) is 12.2 Å². The van der Waals surface area contributed by atoms with E-state index >= 15 is 0 Å². The summed E-state index contributed by atoms with van der Waals surface area (Å²) in [4.78, 5) is 26.3. The van der Waals surface area contributed by atoms with E-state index in [0.29, 0.717) is 23.3 Å². The number of anilines is 2. The molecule has 4 heterocycles. The van der Waals surface area contributed by atoms with Crippen LogP contribution in [0.25, 0.3) is 0 Å². The summed E-state index contributed by atoms with van der Waals surface area (Å²) >= 11 is 5.82. The SMILES string of the molecule is CC(COCc1nc(C2CCN(c3ncc(Cl)cn3)C2)no1)Nc1cn[nH]c(=O)c1C(F)(F)F. The number of nitrogens with zero attached hydrogens (tertiary/aromatic N) is 6. The van der Waals surface area contributed by atoms with Crippen LogP contribution in [-0.4, -0.2) is 56.0 Å². The molecule has 3 aromatic rings. The van der Waals surface area contributed by atoms with Crippen molar-refractivity contribution in [2.75, 3.05) is 29.9 Å². The van der Waals surface area contributed by atoms with E-state index in [4.69, 9.17) is 20.9 Å². The molecule has 2 N–H and O–H groups in total. The van der Waals surface area contributed by atoms with Gasteiger partial charge in [-0.2, -0.15) is 23.3 Å². The fourth-order valence-corrected chi connectivity index (χ4v) is 3.63. The van der Waals surface area contributed by atoms with Gasteiger partial charge in [0.15, 0.2) is 5.82 Å². The van der Waals surface area contributed by atoms with E-state index in [9.17, 15) is 18.0 Å². The van der Waals surface area contributed by atoms with Crippen molar-refractivity contribution in [3.05, 3.63) is 51.2 Å². The molecule has 4 rings (SSSR count). The molecule has 0 radical (unpaired) electrons. The van der Waals surface area contributed by atoms with E-state index < -0.39 is 29.0 Å². The summed E-state index contributed by atoms with van der Waals surface area (Å²) in [6.07, 6.45) is -0.0566. The minimum Gasteiger partial charge on any atom is -0.378 e. The smallest absolute Gasteiger partial charge is 0.378 e. The fraction of sp³-hybridized carbons (Fsp3) is 0.474. The first kappa shape index (κ1) is 23.9. The molecule has 0 spiro atoms. The lowest BCUT2D eigenvalue weighted by Crippen LogP contribution is -2.29. The molecule has 182 valence electrons. The van der Waals surface area contributed by atoms with Crippen molar-refractivity contribution in [1.29, 1.82) is 0 Å². The van der Waals surface area contributed by atoms with Crippen LogP contribution in [0.1, 0.15) is 36.5 Å². The molecule has 1 aliphatic heterocycles. The van der Waals surface area contributed by atoms with Gasteiger partial charge >= 0.3 is 6.18 Å². The number of rotatable bonds is 8. The molecule has 3 aromatic heterocycles. The number of H-pyrrole nitrogens is 1. The average Bonchev–Trinajstić information content (AvgIpc) is 3.43. The van der Waals surface area contributed by atoms with Crippen molar-refractivity contribution >= 4 is 23.2 Å². The molecule has 0 saturated carbocycles. The van der Waals surface area contributed by atoms with Gasteiger partial charge in [0, 0.05) is 25.0 Å². The van der Waals surface area contributed by atoms with Crippen molar-refractivity contribution in [2.24, 2.45) is 0 Å². The molecular weight excluding hydrogens is 481 g/mol. The van der Waals surface area contributed by atoms with Gasteiger partial charge in [-0.3, -0.25) is 4.79 Å². The molecule has 0 aromatic carbocycles. The maximum atomic E-state index is 13.1. The Hall–Kier alpha value is -3.26. The average molecular weight is 501 g/mol. The number of halogens is 4. The quantitative estimate of drug-likeness (QED) is 0.475. The lowest BCUT2D eigenvalue weighted by molar-refractivity contribution is -0.138. The topological polar surface area (TPSA) is 135 Å². The lowest BCUT2D eigenvalue weighted by atomic mass is 10.1. The third-order valence-electron chi connectivity index (χ3n) is 5.06. The molecular formula is C19H20ClF3N8O3. The second-order valence-electron chi connectivity index (χ2n) is 7.73. The molecule has 2 atom stereocenters. The van der Waals surface area contributed by atoms with Gasteiger partial charge in [-0.1, -0.05) is 16.8 Å². The molecule has 1 aliphatic rings. The minimum atomic E-state index is -4.82. The Kier molecular flexibility index (Phi) is 6.97. The van der Waals surface area contributed by atoms with Crippen LogP contribution in [0.2, 0.25) is 5.02 Å². The van der Waals surface area contributed by atoms with Gasteiger partial charge < -0.3 is 19.5 Å². The van der Waals surface area contributed by atoms with Crippen LogP contribution < -0.4 is 15.8 Å². The minimum absolute atomic E-state index is 0.0184. The van der Waals surface area contributed by atoms with E-state index in [1.165, 1.54) is 12.4 Å². The number of hydrogen-bond donors (Lipinski definition) is 2. The monoisotopic (exact) mass is 500 g/mol. The first-order chi connectivity index (χ1) is 16.2. The maximum absolute atomic E-state index is 13.1. The van der Waals surface area contributed by atoms with Gasteiger partial charge in [-0.05, 0) is 13.3 Å². The van der Waals surface area contributed by atoms with E-state index in [0.717, 1.165) is 19.2 Å². The summed E-state index contributed by atoms with van der Waals surface area (Å²) in [6.45, 7) is 2.95. The van der Waals surface area contributed by atoms with Crippen LogP contribution in [-0.2, 0) is 17.5 Å². The number of nitrogens with one attached hydrogen (secondary N) is 2.